The normalized spacial score (nSPS) is 29.1. The van der Waals surface area contributed by atoms with Crippen molar-refractivity contribution in [2.45, 2.75) is 49.8 Å². The Morgan fingerprint density at radius 2 is 1.90 bits per heavy atom. The van der Waals surface area contributed by atoms with E-state index >= 15 is 0 Å². The molecule has 7 heteroatoms. The summed E-state index contributed by atoms with van der Waals surface area (Å²) in [6.07, 6.45) is -1.40. The predicted molar refractivity (Wildman–Crippen MR) is 112 cm³/mol. The number of ether oxygens (including phenoxy) is 3. The summed E-state index contributed by atoms with van der Waals surface area (Å²) in [7, 11) is 0. The van der Waals surface area contributed by atoms with Gasteiger partial charge in [0.25, 0.3) is 0 Å². The molecule has 0 aliphatic carbocycles. The van der Waals surface area contributed by atoms with Crippen molar-refractivity contribution in [3.8, 4) is 5.75 Å². The van der Waals surface area contributed by atoms with Gasteiger partial charge in [0.15, 0.2) is 0 Å². The zero-order chi connectivity index (χ0) is 21.1. The first-order chi connectivity index (χ1) is 14.5. The maximum Gasteiger partial charge on any atom is 0.124 e. The summed E-state index contributed by atoms with van der Waals surface area (Å²) >= 11 is 6.42. The average molecular weight is 435 g/mol. The fraction of sp³-hybridized carbons (Fsp3) is 0.478. The van der Waals surface area contributed by atoms with Gasteiger partial charge in [-0.15, -0.1) is 0 Å². The van der Waals surface area contributed by atoms with Gasteiger partial charge >= 0.3 is 0 Å². The molecule has 0 bridgehead atoms. The summed E-state index contributed by atoms with van der Waals surface area (Å²) in [5, 5.41) is 30.5. The molecule has 0 radical (unpaired) electrons. The first-order valence-electron chi connectivity index (χ1n) is 10.3. The number of hydrogen-bond donors (Lipinski definition) is 3. The second-order valence-corrected chi connectivity index (χ2v) is 8.34. The summed E-state index contributed by atoms with van der Waals surface area (Å²) in [5.74, 6) is 0.817. The minimum Gasteiger partial charge on any atom is -0.488 e. The lowest BCUT2D eigenvalue weighted by atomic mass is 9.91. The lowest BCUT2D eigenvalue weighted by Crippen LogP contribution is -2.44. The maximum atomic E-state index is 10.4. The van der Waals surface area contributed by atoms with Gasteiger partial charge in [0.2, 0.25) is 0 Å². The van der Waals surface area contributed by atoms with Crippen LogP contribution in [0.1, 0.15) is 35.6 Å². The van der Waals surface area contributed by atoms with Gasteiger partial charge in [0, 0.05) is 17.9 Å². The van der Waals surface area contributed by atoms with Gasteiger partial charge in [-0.2, -0.15) is 0 Å². The molecule has 6 nitrogen and oxygen atoms in total. The largest absolute Gasteiger partial charge is 0.488 e. The van der Waals surface area contributed by atoms with Gasteiger partial charge in [-0.25, -0.2) is 0 Å². The van der Waals surface area contributed by atoms with Crippen LogP contribution in [-0.2, 0) is 15.9 Å². The van der Waals surface area contributed by atoms with Crippen molar-refractivity contribution in [1.29, 1.82) is 0 Å². The fourth-order valence-electron chi connectivity index (χ4n) is 3.96. The molecular weight excluding hydrogens is 408 g/mol. The van der Waals surface area contributed by atoms with Gasteiger partial charge in [-0.05, 0) is 41.3 Å². The molecule has 2 aromatic carbocycles. The standard InChI is InChI=1S/C23H27ClO6/c24-20-6-3-15(23-22(27)21(26)11-19(12-25)30-23)10-16(20)9-14-1-4-17(5-2-14)29-18-7-8-28-13-18/h1-6,10,18-19,21-23,25-27H,7-9,11-13H2/t18-,19?,21?,22-,23?/m0/s1. The molecule has 3 N–H and O–H groups in total. The van der Waals surface area contributed by atoms with Crippen molar-refractivity contribution in [2.75, 3.05) is 19.8 Å². The van der Waals surface area contributed by atoms with Gasteiger partial charge in [0.05, 0.1) is 32.0 Å². The van der Waals surface area contributed by atoms with Crippen molar-refractivity contribution >= 4 is 11.6 Å². The van der Waals surface area contributed by atoms with Crippen LogP contribution in [0.2, 0.25) is 5.02 Å². The maximum absolute atomic E-state index is 10.4. The lowest BCUT2D eigenvalue weighted by molar-refractivity contribution is -0.179. The molecule has 162 valence electrons. The highest BCUT2D eigenvalue weighted by Gasteiger charge is 2.37. The average Bonchev–Trinajstić information content (AvgIpc) is 3.26. The monoisotopic (exact) mass is 434 g/mol. The van der Waals surface area contributed by atoms with Crippen molar-refractivity contribution in [2.24, 2.45) is 0 Å². The molecule has 0 amide bonds. The number of hydrogen-bond acceptors (Lipinski definition) is 6. The molecule has 2 aromatic rings. The van der Waals surface area contributed by atoms with Crippen LogP contribution in [0.25, 0.3) is 0 Å². The molecule has 5 atom stereocenters. The molecular formula is C23H27ClO6. The van der Waals surface area contributed by atoms with Crippen molar-refractivity contribution < 1.29 is 29.5 Å². The minimum absolute atomic E-state index is 0.113. The summed E-state index contributed by atoms with van der Waals surface area (Å²) < 4.78 is 17.0. The van der Waals surface area contributed by atoms with Crippen LogP contribution in [0.4, 0.5) is 0 Å². The third-order valence-electron chi connectivity index (χ3n) is 5.66. The zero-order valence-corrected chi connectivity index (χ0v) is 17.4. The van der Waals surface area contributed by atoms with Crippen LogP contribution in [0, 0.1) is 0 Å². The van der Waals surface area contributed by atoms with Crippen LogP contribution in [0.15, 0.2) is 42.5 Å². The zero-order valence-electron chi connectivity index (χ0n) is 16.6. The highest BCUT2D eigenvalue weighted by atomic mass is 35.5. The van der Waals surface area contributed by atoms with E-state index in [-0.39, 0.29) is 19.1 Å². The molecule has 2 saturated heterocycles. The van der Waals surface area contributed by atoms with Crippen LogP contribution < -0.4 is 4.74 Å². The van der Waals surface area contributed by atoms with Crippen LogP contribution in [-0.4, -0.2) is 59.6 Å². The Kier molecular flexibility index (Phi) is 6.93. The fourth-order valence-corrected chi connectivity index (χ4v) is 4.14. The van der Waals surface area contributed by atoms with Crippen molar-refractivity contribution in [3.05, 3.63) is 64.2 Å². The highest BCUT2D eigenvalue weighted by molar-refractivity contribution is 6.31. The van der Waals surface area contributed by atoms with Gasteiger partial charge in [-0.1, -0.05) is 35.9 Å². The Balaban J connectivity index is 1.48. The number of aliphatic hydroxyl groups is 3. The van der Waals surface area contributed by atoms with E-state index in [1.54, 1.807) is 12.1 Å². The second kappa shape index (κ2) is 9.64. The van der Waals surface area contributed by atoms with E-state index in [4.69, 9.17) is 25.8 Å². The van der Waals surface area contributed by atoms with Crippen LogP contribution in [0.3, 0.4) is 0 Å². The quantitative estimate of drug-likeness (QED) is 0.647. The molecule has 30 heavy (non-hydrogen) atoms. The Labute approximate surface area is 181 Å². The Morgan fingerprint density at radius 3 is 2.60 bits per heavy atom. The molecule has 0 saturated carbocycles. The van der Waals surface area contributed by atoms with E-state index in [2.05, 4.69) is 0 Å². The number of halogens is 1. The third kappa shape index (κ3) is 4.97. The highest BCUT2D eigenvalue weighted by Crippen LogP contribution is 2.34. The topological polar surface area (TPSA) is 88.4 Å². The molecule has 4 rings (SSSR count). The molecule has 2 aliphatic heterocycles. The summed E-state index contributed by atoms with van der Waals surface area (Å²) in [5.41, 5.74) is 2.69. The second-order valence-electron chi connectivity index (χ2n) is 7.93. The molecule has 0 spiro atoms. The Bertz CT molecular complexity index is 836. The van der Waals surface area contributed by atoms with Crippen molar-refractivity contribution in [1.82, 2.24) is 0 Å². The van der Waals surface area contributed by atoms with E-state index in [1.165, 1.54) is 0 Å². The SMILES string of the molecule is OCC1CC(O)[C@H](O)C(c2ccc(Cl)c(Cc3ccc(O[C@H]4CCOC4)cc3)c2)O1. The van der Waals surface area contributed by atoms with E-state index in [9.17, 15) is 15.3 Å². The summed E-state index contributed by atoms with van der Waals surface area (Å²) in [4.78, 5) is 0. The van der Waals surface area contributed by atoms with E-state index in [0.717, 1.165) is 35.5 Å². The predicted octanol–water partition coefficient (Wildman–Crippen LogP) is 2.64. The molecule has 2 aliphatic rings. The summed E-state index contributed by atoms with van der Waals surface area (Å²) in [6.45, 7) is 1.17. The smallest absolute Gasteiger partial charge is 0.124 e. The third-order valence-corrected chi connectivity index (χ3v) is 6.03. The van der Waals surface area contributed by atoms with Gasteiger partial charge < -0.3 is 29.5 Å². The number of aliphatic hydroxyl groups excluding tert-OH is 3. The van der Waals surface area contributed by atoms with Crippen molar-refractivity contribution in [3.63, 3.8) is 0 Å². The molecule has 2 heterocycles. The van der Waals surface area contributed by atoms with Crippen LogP contribution >= 0.6 is 11.6 Å². The summed E-state index contributed by atoms with van der Waals surface area (Å²) in [6, 6.07) is 13.4. The Hall–Kier alpha value is -1.67. The first-order valence-corrected chi connectivity index (χ1v) is 10.7. The molecule has 2 fully saturated rings. The number of benzene rings is 2. The van der Waals surface area contributed by atoms with E-state index in [1.807, 2.05) is 30.3 Å². The van der Waals surface area contributed by atoms with E-state index < -0.39 is 24.4 Å². The minimum atomic E-state index is -1.06. The van der Waals surface area contributed by atoms with Gasteiger partial charge in [0.1, 0.15) is 24.1 Å². The van der Waals surface area contributed by atoms with E-state index in [0.29, 0.717) is 18.1 Å². The Morgan fingerprint density at radius 1 is 1.10 bits per heavy atom. The first kappa shape index (κ1) is 21.6. The van der Waals surface area contributed by atoms with Crippen LogP contribution in [0.5, 0.6) is 5.75 Å². The lowest BCUT2D eigenvalue weighted by Gasteiger charge is -2.37. The van der Waals surface area contributed by atoms with Gasteiger partial charge in [-0.3, -0.25) is 0 Å². The molecule has 3 unspecified atom stereocenters. The molecule has 0 aromatic heterocycles. The number of rotatable bonds is 6.